The lowest BCUT2D eigenvalue weighted by Gasteiger charge is -2.49. The average molecular weight is 293 g/mol. The maximum Gasteiger partial charge on any atom is 0.256 e. The molecule has 22 heavy (non-hydrogen) atoms. The number of amides is 1. The zero-order valence-corrected chi connectivity index (χ0v) is 12.6. The zero-order chi connectivity index (χ0) is 15.3. The van der Waals surface area contributed by atoms with Crippen LogP contribution in [-0.2, 0) is 5.66 Å². The lowest BCUT2D eigenvalue weighted by Crippen LogP contribution is -2.59. The molecule has 4 nitrogen and oxygen atoms in total. The number of hydrogen-bond acceptors (Lipinski definition) is 3. The van der Waals surface area contributed by atoms with Crippen molar-refractivity contribution >= 4 is 11.6 Å². The number of hydrogen-bond donors (Lipinski definition) is 1. The predicted octanol–water partition coefficient (Wildman–Crippen LogP) is 2.26. The Kier molecular flexibility index (Phi) is 2.78. The minimum atomic E-state index is -0.526. The second kappa shape index (κ2) is 4.58. The van der Waals surface area contributed by atoms with Crippen molar-refractivity contribution in [3.05, 3.63) is 65.2 Å². The van der Waals surface area contributed by atoms with Gasteiger partial charge in [-0.05, 0) is 37.2 Å². The van der Waals surface area contributed by atoms with Crippen molar-refractivity contribution in [2.75, 3.05) is 25.9 Å². The van der Waals surface area contributed by atoms with Crippen LogP contribution in [0.3, 0.4) is 0 Å². The number of anilines is 1. The summed E-state index contributed by atoms with van der Waals surface area (Å²) in [5, 5.41) is 0. The van der Waals surface area contributed by atoms with Gasteiger partial charge in [-0.3, -0.25) is 9.69 Å². The van der Waals surface area contributed by atoms with Crippen LogP contribution < -0.4 is 5.73 Å². The first-order chi connectivity index (χ1) is 10.7. The van der Waals surface area contributed by atoms with Crippen molar-refractivity contribution in [1.82, 2.24) is 9.80 Å². The van der Waals surface area contributed by atoms with Crippen molar-refractivity contribution < 1.29 is 4.79 Å². The van der Waals surface area contributed by atoms with E-state index in [1.807, 2.05) is 41.3 Å². The summed E-state index contributed by atoms with van der Waals surface area (Å²) in [6, 6.07) is 15.8. The van der Waals surface area contributed by atoms with Crippen LogP contribution >= 0.6 is 0 Å². The summed E-state index contributed by atoms with van der Waals surface area (Å²) in [5.41, 5.74) is 9.15. The van der Waals surface area contributed by atoms with E-state index < -0.39 is 5.66 Å². The molecule has 0 spiro atoms. The third kappa shape index (κ3) is 1.53. The Morgan fingerprint density at radius 1 is 1.09 bits per heavy atom. The van der Waals surface area contributed by atoms with Gasteiger partial charge in [-0.1, -0.05) is 30.3 Å². The molecule has 4 rings (SSSR count). The van der Waals surface area contributed by atoms with E-state index in [-0.39, 0.29) is 5.91 Å². The van der Waals surface area contributed by atoms with Gasteiger partial charge in [0.2, 0.25) is 0 Å². The number of carbonyl (C=O) groups is 1. The topological polar surface area (TPSA) is 49.6 Å². The molecule has 112 valence electrons. The van der Waals surface area contributed by atoms with Gasteiger partial charge in [0.25, 0.3) is 5.91 Å². The number of carbonyl (C=O) groups excluding carboxylic acids is 1. The second-order valence-electron chi connectivity index (χ2n) is 6.08. The number of benzene rings is 2. The largest absolute Gasteiger partial charge is 0.399 e. The fourth-order valence-electron chi connectivity index (χ4n) is 4.00. The lowest BCUT2D eigenvalue weighted by atomic mass is 9.87. The highest BCUT2D eigenvalue weighted by Gasteiger charge is 2.54. The molecule has 0 radical (unpaired) electrons. The fourth-order valence-corrected chi connectivity index (χ4v) is 4.00. The van der Waals surface area contributed by atoms with Crippen LogP contribution in [0, 0.1) is 0 Å². The van der Waals surface area contributed by atoms with Gasteiger partial charge in [0.05, 0.1) is 0 Å². The van der Waals surface area contributed by atoms with E-state index >= 15 is 0 Å². The molecule has 1 fully saturated rings. The molecule has 0 aliphatic carbocycles. The molecule has 0 bridgehead atoms. The van der Waals surface area contributed by atoms with E-state index in [0.29, 0.717) is 0 Å². The van der Waals surface area contributed by atoms with Gasteiger partial charge in [0.1, 0.15) is 5.66 Å². The Bertz CT molecular complexity index is 758. The standard InChI is InChI=1S/C18H19N3O/c1-20-10-5-11-21-17(22)15-8-2-3-9-16(15)18(20,21)13-6-4-7-14(19)12-13/h2-4,6-9,12H,5,10-11,19H2,1H3. The average Bonchev–Trinajstić information content (AvgIpc) is 2.80. The molecule has 2 heterocycles. The van der Waals surface area contributed by atoms with E-state index in [1.165, 1.54) is 0 Å². The van der Waals surface area contributed by atoms with E-state index in [9.17, 15) is 4.79 Å². The van der Waals surface area contributed by atoms with Crippen LogP contribution in [0.1, 0.15) is 27.9 Å². The van der Waals surface area contributed by atoms with E-state index in [0.717, 1.165) is 41.9 Å². The normalized spacial score (nSPS) is 24.2. The fraction of sp³-hybridized carbons (Fsp3) is 0.278. The Balaban J connectivity index is 2.05. The van der Waals surface area contributed by atoms with E-state index in [1.54, 1.807) is 0 Å². The summed E-state index contributed by atoms with van der Waals surface area (Å²) >= 11 is 0. The Hall–Kier alpha value is -2.33. The molecule has 0 saturated carbocycles. The summed E-state index contributed by atoms with van der Waals surface area (Å²) in [5.74, 6) is 0.115. The van der Waals surface area contributed by atoms with Crippen LogP contribution in [0.4, 0.5) is 5.69 Å². The molecule has 1 unspecified atom stereocenters. The summed E-state index contributed by atoms with van der Waals surface area (Å²) in [4.78, 5) is 17.2. The number of rotatable bonds is 1. The second-order valence-corrected chi connectivity index (χ2v) is 6.08. The molecule has 0 aromatic heterocycles. The molecule has 1 atom stereocenters. The van der Waals surface area contributed by atoms with Gasteiger partial charge in [0, 0.05) is 29.9 Å². The minimum absolute atomic E-state index is 0.115. The number of nitrogen functional groups attached to an aromatic ring is 1. The Morgan fingerprint density at radius 2 is 1.91 bits per heavy atom. The first-order valence-electron chi connectivity index (χ1n) is 7.64. The first kappa shape index (κ1) is 13.3. The van der Waals surface area contributed by atoms with Crippen LogP contribution in [0.2, 0.25) is 0 Å². The lowest BCUT2D eigenvalue weighted by molar-refractivity contribution is -0.0229. The number of fused-ring (bicyclic) bond motifs is 3. The summed E-state index contributed by atoms with van der Waals surface area (Å²) in [6.45, 7) is 1.72. The van der Waals surface area contributed by atoms with Gasteiger partial charge in [0.15, 0.2) is 0 Å². The summed E-state index contributed by atoms with van der Waals surface area (Å²) in [6.07, 6.45) is 0.986. The maximum absolute atomic E-state index is 12.9. The molecule has 4 heteroatoms. The molecular weight excluding hydrogens is 274 g/mol. The Labute approximate surface area is 130 Å². The highest BCUT2D eigenvalue weighted by molar-refractivity contribution is 6.00. The van der Waals surface area contributed by atoms with Crippen molar-refractivity contribution in [2.24, 2.45) is 0 Å². The number of nitrogens with zero attached hydrogens (tertiary/aromatic N) is 2. The van der Waals surface area contributed by atoms with Gasteiger partial charge >= 0.3 is 0 Å². The van der Waals surface area contributed by atoms with Crippen molar-refractivity contribution in [1.29, 1.82) is 0 Å². The van der Waals surface area contributed by atoms with E-state index in [4.69, 9.17) is 5.73 Å². The van der Waals surface area contributed by atoms with Crippen LogP contribution in [0.15, 0.2) is 48.5 Å². The van der Waals surface area contributed by atoms with Crippen LogP contribution in [0.25, 0.3) is 0 Å². The quantitative estimate of drug-likeness (QED) is 0.821. The third-order valence-corrected chi connectivity index (χ3v) is 4.89. The molecular formula is C18H19N3O. The van der Waals surface area contributed by atoms with Crippen LogP contribution in [-0.4, -0.2) is 35.8 Å². The van der Waals surface area contributed by atoms with E-state index in [2.05, 4.69) is 24.1 Å². The molecule has 2 aliphatic heterocycles. The molecule has 1 amide bonds. The maximum atomic E-state index is 12.9. The van der Waals surface area contributed by atoms with Crippen molar-refractivity contribution in [3.63, 3.8) is 0 Å². The smallest absolute Gasteiger partial charge is 0.256 e. The first-order valence-corrected chi connectivity index (χ1v) is 7.64. The number of nitrogens with two attached hydrogens (primary N) is 1. The van der Waals surface area contributed by atoms with Crippen molar-refractivity contribution in [3.8, 4) is 0 Å². The highest BCUT2D eigenvalue weighted by atomic mass is 16.2. The van der Waals surface area contributed by atoms with Gasteiger partial charge in [-0.25, -0.2) is 0 Å². The minimum Gasteiger partial charge on any atom is -0.399 e. The molecule has 1 saturated heterocycles. The SMILES string of the molecule is CN1CCCN2C(=O)c3ccccc3C12c1cccc(N)c1. The summed E-state index contributed by atoms with van der Waals surface area (Å²) < 4.78 is 0. The monoisotopic (exact) mass is 293 g/mol. The highest BCUT2D eigenvalue weighted by Crippen LogP contribution is 2.48. The van der Waals surface area contributed by atoms with Crippen molar-refractivity contribution in [2.45, 2.75) is 12.1 Å². The van der Waals surface area contributed by atoms with Gasteiger partial charge < -0.3 is 10.6 Å². The Morgan fingerprint density at radius 3 is 2.73 bits per heavy atom. The molecule has 2 aromatic rings. The predicted molar refractivity (Wildman–Crippen MR) is 86.4 cm³/mol. The third-order valence-electron chi connectivity index (χ3n) is 4.89. The van der Waals surface area contributed by atoms with Crippen LogP contribution in [0.5, 0.6) is 0 Å². The zero-order valence-electron chi connectivity index (χ0n) is 12.6. The molecule has 2 aromatic carbocycles. The van der Waals surface area contributed by atoms with Gasteiger partial charge in [-0.15, -0.1) is 0 Å². The molecule has 2 aliphatic rings. The molecule has 2 N–H and O–H groups in total. The summed E-state index contributed by atoms with van der Waals surface area (Å²) in [7, 11) is 2.09. The van der Waals surface area contributed by atoms with Gasteiger partial charge in [-0.2, -0.15) is 0 Å².